The summed E-state index contributed by atoms with van der Waals surface area (Å²) in [4.78, 5) is 4.11. The first-order valence-corrected chi connectivity index (χ1v) is 5.66. The number of anilines is 1. The van der Waals surface area contributed by atoms with Crippen LogP contribution in [0.15, 0.2) is 35.3 Å². The molecule has 0 bridgehead atoms. The smallest absolute Gasteiger partial charge is 0.324 e. The molecule has 0 aliphatic rings. The average molecular weight is 376 g/mol. The minimum atomic E-state index is -4.54. The van der Waals surface area contributed by atoms with Crippen molar-refractivity contribution in [3.8, 4) is 0 Å². The fourth-order valence-corrected chi connectivity index (χ4v) is 1.70. The van der Waals surface area contributed by atoms with Crippen molar-refractivity contribution in [3.05, 3.63) is 30.3 Å². The summed E-state index contributed by atoms with van der Waals surface area (Å²) in [7, 11) is 1.55. The van der Waals surface area contributed by atoms with Gasteiger partial charge in [0, 0.05) is 12.7 Å². The normalized spacial score (nSPS) is 11.9. The molecule has 0 unspecified atom stereocenters. The number of amidine groups is 1. The molecule has 0 amide bonds. The van der Waals surface area contributed by atoms with Gasteiger partial charge >= 0.3 is 6.30 Å². The number of alkyl halides is 3. The molecule has 0 heterocycles. The molecule has 0 aromatic heterocycles. The fourth-order valence-electron chi connectivity index (χ4n) is 1.13. The van der Waals surface area contributed by atoms with E-state index in [1.807, 2.05) is 0 Å². The van der Waals surface area contributed by atoms with Crippen LogP contribution in [0.5, 0.6) is 0 Å². The lowest BCUT2D eigenvalue weighted by Crippen LogP contribution is -2.25. The van der Waals surface area contributed by atoms with E-state index in [2.05, 4.69) is 4.99 Å². The molecular formula is C10H12F3IN2S. The van der Waals surface area contributed by atoms with E-state index in [-0.39, 0.29) is 29.1 Å². The molecule has 7 heteroatoms. The van der Waals surface area contributed by atoms with E-state index in [0.29, 0.717) is 5.69 Å². The molecule has 0 spiro atoms. The zero-order valence-corrected chi connectivity index (χ0v) is 12.4. The molecule has 0 fully saturated rings. The van der Waals surface area contributed by atoms with Gasteiger partial charge < -0.3 is 4.90 Å². The van der Waals surface area contributed by atoms with Gasteiger partial charge in [0.1, 0.15) is 0 Å². The van der Waals surface area contributed by atoms with Crippen LogP contribution in [0.2, 0.25) is 0 Å². The number of para-hydroxylation sites is 1. The monoisotopic (exact) mass is 376 g/mol. The molecule has 1 aromatic rings. The summed E-state index contributed by atoms with van der Waals surface area (Å²) in [6.07, 6.45) is -2.98. The molecule has 0 radical (unpaired) electrons. The summed E-state index contributed by atoms with van der Waals surface area (Å²) in [5, 5.41) is -0.0845. The molecule has 96 valence electrons. The number of hydrogen-bond acceptors (Lipinski definition) is 2. The highest BCUT2D eigenvalue weighted by Gasteiger charge is 2.28. The quantitative estimate of drug-likeness (QED) is 0.319. The first-order valence-electron chi connectivity index (χ1n) is 4.43. The topological polar surface area (TPSA) is 15.6 Å². The Morgan fingerprint density at radius 2 is 1.76 bits per heavy atom. The molecule has 17 heavy (non-hydrogen) atoms. The van der Waals surface area contributed by atoms with Crippen LogP contribution in [-0.4, -0.2) is 24.8 Å². The second-order valence-corrected chi connectivity index (χ2v) is 3.73. The predicted molar refractivity (Wildman–Crippen MR) is 77.3 cm³/mol. The molecule has 0 atom stereocenters. The van der Waals surface area contributed by atoms with Gasteiger partial charge in [-0.15, -0.1) is 37.1 Å². The molecule has 1 aromatic carbocycles. The number of halogens is 4. The van der Waals surface area contributed by atoms with E-state index in [4.69, 9.17) is 0 Å². The maximum absolute atomic E-state index is 12.1. The van der Waals surface area contributed by atoms with Crippen LogP contribution in [0.3, 0.4) is 0 Å². The van der Waals surface area contributed by atoms with Gasteiger partial charge in [0.15, 0.2) is 5.17 Å². The van der Waals surface area contributed by atoms with Crippen LogP contribution in [0.4, 0.5) is 18.9 Å². The lowest BCUT2D eigenvalue weighted by atomic mass is 10.3. The number of hydrogen-bond donors (Lipinski definition) is 0. The van der Waals surface area contributed by atoms with E-state index >= 15 is 0 Å². The third-order valence-electron chi connectivity index (χ3n) is 1.84. The molecule has 1 rings (SSSR count). The third-order valence-corrected chi connectivity index (χ3v) is 2.57. The Bertz CT molecular complexity index is 368. The van der Waals surface area contributed by atoms with E-state index in [1.54, 1.807) is 43.6 Å². The lowest BCUT2D eigenvalue weighted by Gasteiger charge is -2.20. The van der Waals surface area contributed by atoms with Gasteiger partial charge in [-0.1, -0.05) is 30.0 Å². The Morgan fingerprint density at radius 3 is 2.18 bits per heavy atom. The van der Waals surface area contributed by atoms with Crippen molar-refractivity contribution in [1.29, 1.82) is 0 Å². The molecule has 0 saturated carbocycles. The van der Waals surface area contributed by atoms with Gasteiger partial charge in [-0.3, -0.25) is 0 Å². The molecular weight excluding hydrogens is 364 g/mol. The van der Waals surface area contributed by atoms with Gasteiger partial charge in [0.05, 0.1) is 0 Å². The third kappa shape index (κ3) is 5.62. The van der Waals surface area contributed by atoms with E-state index < -0.39 is 6.30 Å². The highest BCUT2D eigenvalue weighted by molar-refractivity contribution is 14.0. The zero-order chi connectivity index (χ0) is 12.2. The SMILES string of the molecule is CSC(=NC(F)(F)F)N(C)c1ccccc1.I. The summed E-state index contributed by atoms with van der Waals surface area (Å²) in [6.45, 7) is 0. The van der Waals surface area contributed by atoms with Gasteiger partial charge in [-0.2, -0.15) is 4.99 Å². The first-order chi connectivity index (χ1) is 7.44. The first kappa shape index (κ1) is 16.6. The van der Waals surface area contributed by atoms with Gasteiger partial charge in [-0.25, -0.2) is 0 Å². The zero-order valence-electron chi connectivity index (χ0n) is 9.23. The Labute approximate surface area is 119 Å². The fraction of sp³-hybridized carbons (Fsp3) is 0.300. The second-order valence-electron chi connectivity index (χ2n) is 2.96. The van der Waals surface area contributed by atoms with Gasteiger partial charge in [-0.05, 0) is 18.4 Å². The lowest BCUT2D eigenvalue weighted by molar-refractivity contribution is -0.119. The summed E-state index contributed by atoms with van der Waals surface area (Å²) >= 11 is 0.956. The minimum Gasteiger partial charge on any atom is -0.324 e. The number of benzene rings is 1. The highest BCUT2D eigenvalue weighted by atomic mass is 127. The molecule has 0 saturated heterocycles. The van der Waals surface area contributed by atoms with Crippen LogP contribution in [0, 0.1) is 0 Å². The maximum Gasteiger partial charge on any atom is 0.505 e. The van der Waals surface area contributed by atoms with Crippen molar-refractivity contribution in [1.82, 2.24) is 0 Å². The Hall–Kier alpha value is -0.440. The van der Waals surface area contributed by atoms with Crippen molar-refractivity contribution >= 4 is 46.6 Å². The van der Waals surface area contributed by atoms with Crippen molar-refractivity contribution in [3.63, 3.8) is 0 Å². The average Bonchev–Trinajstić information content (AvgIpc) is 2.25. The molecule has 0 N–H and O–H groups in total. The van der Waals surface area contributed by atoms with Crippen LogP contribution in [0.25, 0.3) is 0 Å². The second kappa shape index (κ2) is 7.10. The summed E-state index contributed by atoms with van der Waals surface area (Å²) in [6, 6.07) is 8.77. The van der Waals surface area contributed by atoms with Crippen LogP contribution < -0.4 is 4.90 Å². The van der Waals surface area contributed by atoms with Crippen molar-refractivity contribution in [2.45, 2.75) is 6.30 Å². The number of nitrogens with zero attached hydrogens (tertiary/aromatic N) is 2. The van der Waals surface area contributed by atoms with Crippen molar-refractivity contribution in [2.75, 3.05) is 18.2 Å². The highest BCUT2D eigenvalue weighted by Crippen LogP contribution is 2.22. The summed E-state index contributed by atoms with van der Waals surface area (Å²) in [5.74, 6) is 0. The molecule has 0 aliphatic carbocycles. The van der Waals surface area contributed by atoms with Crippen LogP contribution in [0.1, 0.15) is 0 Å². The Morgan fingerprint density at radius 1 is 1.24 bits per heavy atom. The summed E-state index contributed by atoms with van der Waals surface area (Å²) in [5.41, 5.74) is 0.667. The van der Waals surface area contributed by atoms with Gasteiger partial charge in [0.2, 0.25) is 0 Å². The number of thioether (sulfide) groups is 1. The maximum atomic E-state index is 12.1. The minimum absolute atomic E-state index is 0. The standard InChI is InChI=1S/C10H11F3N2S.HI/c1-15(8-6-4-3-5-7-8)9(16-2)14-10(11,12)13;/h3-7H,1-2H3;1H. The van der Waals surface area contributed by atoms with Crippen LogP contribution >= 0.6 is 35.7 Å². The van der Waals surface area contributed by atoms with Crippen molar-refractivity contribution in [2.24, 2.45) is 4.99 Å². The van der Waals surface area contributed by atoms with E-state index in [1.165, 1.54) is 4.90 Å². The number of aliphatic imine (C=N–C) groups is 1. The van der Waals surface area contributed by atoms with Gasteiger partial charge in [0.25, 0.3) is 0 Å². The number of rotatable bonds is 1. The summed E-state index contributed by atoms with van der Waals surface area (Å²) < 4.78 is 36.4. The van der Waals surface area contributed by atoms with Crippen LogP contribution in [-0.2, 0) is 0 Å². The van der Waals surface area contributed by atoms with Crippen molar-refractivity contribution < 1.29 is 13.2 Å². The Kier molecular flexibility index (Phi) is 6.91. The largest absolute Gasteiger partial charge is 0.505 e. The Balaban J connectivity index is 0.00000256. The molecule has 2 nitrogen and oxygen atoms in total. The van der Waals surface area contributed by atoms with E-state index in [0.717, 1.165) is 11.8 Å². The van der Waals surface area contributed by atoms with E-state index in [9.17, 15) is 13.2 Å². The predicted octanol–water partition coefficient (Wildman–Crippen LogP) is 3.98. The molecule has 0 aliphatic heterocycles.